The minimum absolute atomic E-state index is 0. The molecule has 0 aromatic carbocycles. The smallest absolute Gasteiger partial charge is 0.00103 e. The maximum Gasteiger partial charge on any atom is 0.00103 e. The summed E-state index contributed by atoms with van der Waals surface area (Å²) in [5.74, 6) is 0. The van der Waals surface area contributed by atoms with E-state index in [1.807, 2.05) is 0 Å². The van der Waals surface area contributed by atoms with E-state index in [-0.39, 0.29) is 12.4 Å². The molecule has 2 heteroatoms. The highest BCUT2D eigenvalue weighted by atomic mass is 35.5. The van der Waals surface area contributed by atoms with Gasteiger partial charge in [-0.1, -0.05) is 97.8 Å². The Morgan fingerprint density at radius 3 is 1.30 bits per heavy atom. The standard InChI is InChI=1S/C18H39N.ClH/c1-4-5-6-7-8-9-10-11-12-13-14-15-16-17-19-18(2)3;/h18-19H,4-17H2,1-3H3;1H. The first-order valence-electron chi connectivity index (χ1n) is 9.00. The molecule has 124 valence electrons. The van der Waals surface area contributed by atoms with Gasteiger partial charge in [-0.05, 0) is 13.0 Å². The highest BCUT2D eigenvalue weighted by Gasteiger charge is 1.94. The van der Waals surface area contributed by atoms with Crippen molar-refractivity contribution in [2.45, 2.75) is 110 Å². The van der Waals surface area contributed by atoms with E-state index in [0.29, 0.717) is 6.04 Å². The van der Waals surface area contributed by atoms with Crippen LogP contribution in [-0.4, -0.2) is 12.6 Å². The lowest BCUT2D eigenvalue weighted by molar-refractivity contribution is 0.519. The van der Waals surface area contributed by atoms with Gasteiger partial charge in [-0.15, -0.1) is 12.4 Å². The Balaban J connectivity index is 0. The van der Waals surface area contributed by atoms with Crippen molar-refractivity contribution in [1.29, 1.82) is 0 Å². The summed E-state index contributed by atoms with van der Waals surface area (Å²) >= 11 is 0. The Morgan fingerprint density at radius 2 is 0.950 bits per heavy atom. The largest absolute Gasteiger partial charge is 0.315 e. The summed E-state index contributed by atoms with van der Waals surface area (Å²) in [5, 5.41) is 3.49. The van der Waals surface area contributed by atoms with Gasteiger partial charge in [-0.3, -0.25) is 0 Å². The molecule has 0 rings (SSSR count). The van der Waals surface area contributed by atoms with Gasteiger partial charge < -0.3 is 5.32 Å². The fraction of sp³-hybridized carbons (Fsp3) is 1.00. The number of halogens is 1. The van der Waals surface area contributed by atoms with Crippen LogP contribution in [0.3, 0.4) is 0 Å². The normalized spacial score (nSPS) is 10.8. The Labute approximate surface area is 135 Å². The molecule has 0 heterocycles. The van der Waals surface area contributed by atoms with Gasteiger partial charge in [0.1, 0.15) is 0 Å². The van der Waals surface area contributed by atoms with Crippen LogP contribution in [0.5, 0.6) is 0 Å². The molecule has 0 aromatic rings. The first-order chi connectivity index (χ1) is 9.27. The van der Waals surface area contributed by atoms with E-state index in [2.05, 4.69) is 26.1 Å². The van der Waals surface area contributed by atoms with Crippen molar-refractivity contribution < 1.29 is 0 Å². The third kappa shape index (κ3) is 20.6. The maximum atomic E-state index is 3.49. The molecule has 0 amide bonds. The predicted molar refractivity (Wildman–Crippen MR) is 96.1 cm³/mol. The zero-order chi connectivity index (χ0) is 14.2. The monoisotopic (exact) mass is 305 g/mol. The van der Waals surface area contributed by atoms with Crippen LogP contribution in [0.15, 0.2) is 0 Å². The third-order valence-corrected chi connectivity index (χ3v) is 3.83. The number of unbranched alkanes of at least 4 members (excludes halogenated alkanes) is 12. The Morgan fingerprint density at radius 1 is 0.600 bits per heavy atom. The van der Waals surface area contributed by atoms with Crippen molar-refractivity contribution >= 4 is 12.4 Å². The van der Waals surface area contributed by atoms with Gasteiger partial charge in [-0.2, -0.15) is 0 Å². The summed E-state index contributed by atoms with van der Waals surface area (Å²) in [5.41, 5.74) is 0. The zero-order valence-corrected chi connectivity index (χ0v) is 15.2. The highest BCUT2D eigenvalue weighted by molar-refractivity contribution is 5.85. The third-order valence-electron chi connectivity index (χ3n) is 3.83. The molecule has 0 aliphatic carbocycles. The average molecular weight is 306 g/mol. The van der Waals surface area contributed by atoms with Crippen molar-refractivity contribution in [1.82, 2.24) is 5.32 Å². The van der Waals surface area contributed by atoms with E-state index in [0.717, 1.165) is 0 Å². The Hall–Kier alpha value is 0.250. The molecule has 0 radical (unpaired) electrons. The average Bonchev–Trinajstić information content (AvgIpc) is 2.39. The summed E-state index contributed by atoms with van der Waals surface area (Å²) in [6.45, 7) is 7.94. The van der Waals surface area contributed by atoms with Crippen LogP contribution in [-0.2, 0) is 0 Å². The lowest BCUT2D eigenvalue weighted by Crippen LogP contribution is -2.23. The minimum Gasteiger partial charge on any atom is -0.315 e. The van der Waals surface area contributed by atoms with Crippen molar-refractivity contribution in [3.63, 3.8) is 0 Å². The van der Waals surface area contributed by atoms with Gasteiger partial charge in [0.05, 0.1) is 0 Å². The molecular formula is C18H40ClN. The van der Waals surface area contributed by atoms with E-state index in [1.54, 1.807) is 0 Å². The molecule has 0 bridgehead atoms. The fourth-order valence-corrected chi connectivity index (χ4v) is 2.53. The van der Waals surface area contributed by atoms with Crippen LogP contribution in [0.25, 0.3) is 0 Å². The van der Waals surface area contributed by atoms with Gasteiger partial charge in [0.2, 0.25) is 0 Å². The molecular weight excluding hydrogens is 266 g/mol. The number of hydrogen-bond acceptors (Lipinski definition) is 1. The topological polar surface area (TPSA) is 12.0 Å². The van der Waals surface area contributed by atoms with Crippen LogP contribution in [0.4, 0.5) is 0 Å². The molecule has 0 aliphatic heterocycles. The summed E-state index contributed by atoms with van der Waals surface area (Å²) in [6.07, 6.45) is 18.8. The van der Waals surface area contributed by atoms with Crippen LogP contribution < -0.4 is 5.32 Å². The van der Waals surface area contributed by atoms with Gasteiger partial charge in [-0.25, -0.2) is 0 Å². The highest BCUT2D eigenvalue weighted by Crippen LogP contribution is 2.12. The Kier molecular flexibility index (Phi) is 21.7. The second kappa shape index (κ2) is 19.2. The molecule has 0 saturated heterocycles. The lowest BCUT2D eigenvalue weighted by Gasteiger charge is -2.07. The van der Waals surface area contributed by atoms with Crippen LogP contribution in [0.2, 0.25) is 0 Å². The van der Waals surface area contributed by atoms with Crippen LogP contribution in [0, 0.1) is 0 Å². The van der Waals surface area contributed by atoms with E-state index in [9.17, 15) is 0 Å². The number of nitrogens with one attached hydrogen (secondary N) is 1. The quantitative estimate of drug-likeness (QED) is 0.341. The van der Waals surface area contributed by atoms with Gasteiger partial charge >= 0.3 is 0 Å². The van der Waals surface area contributed by atoms with Crippen LogP contribution >= 0.6 is 12.4 Å². The van der Waals surface area contributed by atoms with Crippen molar-refractivity contribution in [2.24, 2.45) is 0 Å². The second-order valence-corrected chi connectivity index (χ2v) is 6.35. The van der Waals surface area contributed by atoms with E-state index < -0.39 is 0 Å². The molecule has 0 unspecified atom stereocenters. The van der Waals surface area contributed by atoms with Gasteiger partial charge in [0.15, 0.2) is 0 Å². The van der Waals surface area contributed by atoms with Crippen LogP contribution in [0.1, 0.15) is 104 Å². The van der Waals surface area contributed by atoms with E-state index in [1.165, 1.54) is 90.0 Å². The summed E-state index contributed by atoms with van der Waals surface area (Å²) in [6, 6.07) is 0.650. The molecule has 20 heavy (non-hydrogen) atoms. The van der Waals surface area contributed by atoms with Gasteiger partial charge in [0, 0.05) is 6.04 Å². The van der Waals surface area contributed by atoms with Crippen molar-refractivity contribution in [3.05, 3.63) is 0 Å². The molecule has 0 atom stereocenters. The number of hydrogen-bond donors (Lipinski definition) is 1. The van der Waals surface area contributed by atoms with Crippen molar-refractivity contribution in [2.75, 3.05) is 6.54 Å². The minimum atomic E-state index is 0. The van der Waals surface area contributed by atoms with E-state index in [4.69, 9.17) is 0 Å². The second-order valence-electron chi connectivity index (χ2n) is 6.35. The van der Waals surface area contributed by atoms with E-state index >= 15 is 0 Å². The molecule has 0 aromatic heterocycles. The predicted octanol–water partition coefficient (Wildman–Crippen LogP) is 6.50. The molecule has 0 aliphatic rings. The summed E-state index contributed by atoms with van der Waals surface area (Å²) < 4.78 is 0. The molecule has 0 fully saturated rings. The lowest BCUT2D eigenvalue weighted by atomic mass is 10.0. The summed E-state index contributed by atoms with van der Waals surface area (Å²) in [4.78, 5) is 0. The maximum absolute atomic E-state index is 3.49. The molecule has 1 nitrogen and oxygen atoms in total. The molecule has 1 N–H and O–H groups in total. The molecule has 0 saturated carbocycles. The molecule has 0 spiro atoms. The van der Waals surface area contributed by atoms with Gasteiger partial charge in [0.25, 0.3) is 0 Å². The SMILES string of the molecule is CCCCCCCCCCCCCCCNC(C)C.Cl. The first-order valence-corrected chi connectivity index (χ1v) is 9.00. The van der Waals surface area contributed by atoms with Crippen molar-refractivity contribution in [3.8, 4) is 0 Å². The number of rotatable bonds is 15. The first kappa shape index (κ1) is 22.5. The zero-order valence-electron chi connectivity index (χ0n) is 14.4. The summed E-state index contributed by atoms with van der Waals surface area (Å²) in [7, 11) is 0. The Bertz CT molecular complexity index is 159. The fourth-order valence-electron chi connectivity index (χ4n) is 2.53.